The summed E-state index contributed by atoms with van der Waals surface area (Å²) in [6.45, 7) is 15.1. The van der Waals surface area contributed by atoms with Gasteiger partial charge in [0.05, 0.1) is 5.92 Å². The lowest BCUT2D eigenvalue weighted by Crippen LogP contribution is -2.22. The molecule has 2 aliphatic carbocycles. The number of rotatable bonds is 3. The summed E-state index contributed by atoms with van der Waals surface area (Å²) in [5.74, 6) is 1.07. The van der Waals surface area contributed by atoms with Crippen LogP contribution in [0.5, 0.6) is 5.75 Å². The van der Waals surface area contributed by atoms with Gasteiger partial charge in [0.2, 0.25) is 5.24 Å². The maximum absolute atomic E-state index is 12.2. The molecule has 2 saturated carbocycles. The van der Waals surface area contributed by atoms with Crippen LogP contribution in [0.1, 0.15) is 83.9 Å². The van der Waals surface area contributed by atoms with E-state index in [-0.39, 0.29) is 33.9 Å². The number of aryl methyl sites for hydroxylation is 1. The Hall–Kier alpha value is -1.35. The third-order valence-electron chi connectivity index (χ3n) is 4.86. The van der Waals surface area contributed by atoms with Crippen molar-refractivity contribution in [2.24, 2.45) is 11.8 Å². The van der Waals surface area contributed by atoms with E-state index < -0.39 is 0 Å². The van der Waals surface area contributed by atoms with Gasteiger partial charge in [0.25, 0.3) is 0 Å². The molecule has 0 bridgehead atoms. The fourth-order valence-electron chi connectivity index (χ4n) is 2.81. The van der Waals surface area contributed by atoms with Crippen LogP contribution in [0.2, 0.25) is 0 Å². The second-order valence-electron chi connectivity index (χ2n) is 9.96. The maximum atomic E-state index is 12.2. The van der Waals surface area contributed by atoms with Gasteiger partial charge in [-0.05, 0) is 55.0 Å². The van der Waals surface area contributed by atoms with Crippen LogP contribution in [0.25, 0.3) is 0 Å². The first kappa shape index (κ1) is 21.9. The number of benzene rings is 1. The zero-order valence-corrected chi connectivity index (χ0v) is 18.5. The standard InChI is InChI=1S/C19H28O2.C4H5ClO/c1-12-10-14(18(2,3)4)16(15(11-12)19(5,6)7)21-17(20)13-8-9-13;5-4(6)3-1-2-3/h10-11,13H,8-9H2,1-7H3;3H,1-2H2. The quantitative estimate of drug-likeness (QED) is 0.356. The predicted octanol–water partition coefficient (Wildman–Crippen LogP) is 6.07. The van der Waals surface area contributed by atoms with Crippen LogP contribution >= 0.6 is 11.6 Å². The normalized spacial score (nSPS) is 17.0. The summed E-state index contributed by atoms with van der Waals surface area (Å²) < 4.78 is 5.87. The highest BCUT2D eigenvalue weighted by atomic mass is 35.5. The Morgan fingerprint density at radius 3 is 1.56 bits per heavy atom. The fraction of sp³-hybridized carbons (Fsp3) is 0.652. The van der Waals surface area contributed by atoms with Gasteiger partial charge in [-0.2, -0.15) is 0 Å². The molecule has 27 heavy (non-hydrogen) atoms. The lowest BCUT2D eigenvalue weighted by atomic mass is 9.78. The molecule has 0 aliphatic heterocycles. The molecule has 0 N–H and O–H groups in total. The van der Waals surface area contributed by atoms with Crippen molar-refractivity contribution in [2.75, 3.05) is 0 Å². The zero-order chi connectivity index (χ0) is 20.6. The first-order valence-corrected chi connectivity index (χ1v) is 10.2. The number of halogens is 1. The number of hydrogen-bond acceptors (Lipinski definition) is 3. The summed E-state index contributed by atoms with van der Waals surface area (Å²) in [7, 11) is 0. The number of hydrogen-bond donors (Lipinski definition) is 0. The van der Waals surface area contributed by atoms with Gasteiger partial charge in [-0.1, -0.05) is 59.2 Å². The maximum Gasteiger partial charge on any atom is 0.314 e. The minimum Gasteiger partial charge on any atom is -0.426 e. The zero-order valence-electron chi connectivity index (χ0n) is 17.7. The smallest absolute Gasteiger partial charge is 0.314 e. The first-order chi connectivity index (χ1) is 12.3. The molecule has 4 heteroatoms. The van der Waals surface area contributed by atoms with Crippen molar-refractivity contribution in [3.8, 4) is 5.75 Å². The largest absolute Gasteiger partial charge is 0.426 e. The summed E-state index contributed by atoms with van der Waals surface area (Å²) in [5.41, 5.74) is 3.37. The van der Waals surface area contributed by atoms with E-state index in [1.165, 1.54) is 5.56 Å². The van der Waals surface area contributed by atoms with Gasteiger partial charge >= 0.3 is 5.97 Å². The molecular formula is C23H33ClO3. The van der Waals surface area contributed by atoms with Gasteiger partial charge < -0.3 is 4.74 Å². The second-order valence-corrected chi connectivity index (χ2v) is 10.3. The van der Waals surface area contributed by atoms with E-state index in [0.29, 0.717) is 0 Å². The monoisotopic (exact) mass is 392 g/mol. The summed E-state index contributed by atoms with van der Waals surface area (Å²) in [6, 6.07) is 4.31. The first-order valence-electron chi connectivity index (χ1n) is 9.87. The highest BCUT2D eigenvalue weighted by molar-refractivity contribution is 6.64. The van der Waals surface area contributed by atoms with Crippen LogP contribution in [-0.2, 0) is 20.4 Å². The van der Waals surface area contributed by atoms with Gasteiger partial charge in [-0.25, -0.2) is 0 Å². The van der Waals surface area contributed by atoms with Crippen molar-refractivity contribution < 1.29 is 14.3 Å². The molecule has 3 rings (SSSR count). The predicted molar refractivity (Wildman–Crippen MR) is 111 cm³/mol. The number of ether oxygens (including phenoxy) is 1. The number of carbonyl (C=O) groups excluding carboxylic acids is 2. The Kier molecular flexibility index (Phi) is 6.46. The van der Waals surface area contributed by atoms with Gasteiger partial charge in [0.1, 0.15) is 5.75 Å². The van der Waals surface area contributed by atoms with Crippen LogP contribution in [0.15, 0.2) is 12.1 Å². The lowest BCUT2D eigenvalue weighted by Gasteiger charge is -2.29. The number of esters is 1. The second kappa shape index (κ2) is 7.95. The molecule has 0 unspecified atom stereocenters. The van der Waals surface area contributed by atoms with Gasteiger partial charge in [-0.15, -0.1) is 0 Å². The highest BCUT2D eigenvalue weighted by Crippen LogP contribution is 2.42. The molecule has 1 aromatic rings. The van der Waals surface area contributed by atoms with E-state index >= 15 is 0 Å². The lowest BCUT2D eigenvalue weighted by molar-refractivity contribution is -0.135. The van der Waals surface area contributed by atoms with Gasteiger partial charge in [0, 0.05) is 17.0 Å². The molecule has 150 valence electrons. The van der Waals surface area contributed by atoms with Crippen LogP contribution in [-0.4, -0.2) is 11.2 Å². The minimum absolute atomic E-state index is 0.0504. The Morgan fingerprint density at radius 1 is 0.889 bits per heavy atom. The van der Waals surface area contributed by atoms with Gasteiger partial charge in [0.15, 0.2) is 0 Å². The Labute approximate surface area is 168 Å². The summed E-state index contributed by atoms with van der Waals surface area (Å²) in [4.78, 5) is 22.2. The Bertz CT molecular complexity index is 679. The van der Waals surface area contributed by atoms with Crippen molar-refractivity contribution >= 4 is 22.8 Å². The molecule has 0 radical (unpaired) electrons. The van der Waals surface area contributed by atoms with Crippen molar-refractivity contribution in [3.05, 3.63) is 28.8 Å². The summed E-state index contributed by atoms with van der Waals surface area (Å²) in [6.07, 6.45) is 3.98. The fourth-order valence-corrected chi connectivity index (χ4v) is 3.03. The van der Waals surface area contributed by atoms with Crippen LogP contribution < -0.4 is 4.74 Å². The van der Waals surface area contributed by atoms with E-state index in [1.807, 2.05) is 0 Å². The molecule has 0 amide bonds. The van der Waals surface area contributed by atoms with E-state index in [0.717, 1.165) is 42.6 Å². The minimum atomic E-state index is -0.157. The SMILES string of the molecule is Cc1cc(C(C)(C)C)c(OC(=O)C2CC2)c(C(C)(C)C)c1.O=C(Cl)C1CC1. The molecule has 0 spiro atoms. The van der Waals surface area contributed by atoms with Crippen LogP contribution in [0.4, 0.5) is 0 Å². The van der Waals surface area contributed by atoms with Crippen LogP contribution in [0.3, 0.4) is 0 Å². The average Bonchev–Trinajstić information content (AvgIpc) is 3.37. The Balaban J connectivity index is 0.000000369. The molecular weight excluding hydrogens is 360 g/mol. The van der Waals surface area contributed by atoms with Crippen LogP contribution in [0, 0.1) is 18.8 Å². The number of carbonyl (C=O) groups is 2. The molecule has 0 heterocycles. The van der Waals surface area contributed by atoms with E-state index in [4.69, 9.17) is 16.3 Å². The summed E-state index contributed by atoms with van der Waals surface area (Å²) >= 11 is 5.04. The third-order valence-corrected chi connectivity index (χ3v) is 5.17. The van der Waals surface area contributed by atoms with Crippen molar-refractivity contribution in [1.29, 1.82) is 0 Å². The molecule has 2 aliphatic rings. The molecule has 1 aromatic carbocycles. The molecule has 0 atom stereocenters. The van der Waals surface area contributed by atoms with E-state index in [9.17, 15) is 9.59 Å². The molecule has 0 saturated heterocycles. The Morgan fingerprint density at radius 2 is 1.30 bits per heavy atom. The molecule has 0 aromatic heterocycles. The van der Waals surface area contributed by atoms with Crippen molar-refractivity contribution in [1.82, 2.24) is 0 Å². The van der Waals surface area contributed by atoms with Crippen molar-refractivity contribution in [3.63, 3.8) is 0 Å². The van der Waals surface area contributed by atoms with Crippen molar-refractivity contribution in [2.45, 2.75) is 85.0 Å². The average molecular weight is 393 g/mol. The molecule has 3 nitrogen and oxygen atoms in total. The topological polar surface area (TPSA) is 43.4 Å². The van der Waals surface area contributed by atoms with E-state index in [2.05, 4.69) is 60.6 Å². The molecule has 2 fully saturated rings. The van der Waals surface area contributed by atoms with Gasteiger partial charge in [-0.3, -0.25) is 9.59 Å². The summed E-state index contributed by atoms with van der Waals surface area (Å²) in [5, 5.41) is -0.157. The third kappa shape index (κ3) is 6.34. The van der Waals surface area contributed by atoms with E-state index in [1.54, 1.807) is 0 Å². The highest BCUT2D eigenvalue weighted by Gasteiger charge is 2.35.